The number of cyclic esters (lactones) is 2. The van der Waals surface area contributed by atoms with Crippen LogP contribution < -0.4 is 0 Å². The van der Waals surface area contributed by atoms with E-state index in [1.165, 1.54) is 18.6 Å². The van der Waals surface area contributed by atoms with Crippen molar-refractivity contribution in [2.75, 3.05) is 0 Å². The zero-order valence-corrected chi connectivity index (χ0v) is 20.0. The van der Waals surface area contributed by atoms with Gasteiger partial charge in [0.25, 0.3) is 0 Å². The van der Waals surface area contributed by atoms with Gasteiger partial charge in [0.1, 0.15) is 23.1 Å². The summed E-state index contributed by atoms with van der Waals surface area (Å²) in [6, 6.07) is 1.73. The molecule has 5 aliphatic rings. The summed E-state index contributed by atoms with van der Waals surface area (Å²) in [5, 5.41) is 11.8. The number of rotatable bonds is 1. The average molecular weight is 471 g/mol. The first-order valence-corrected chi connectivity index (χ1v) is 11.9. The molecule has 4 heterocycles. The summed E-state index contributed by atoms with van der Waals surface area (Å²) in [6.07, 6.45) is 4.02. The van der Waals surface area contributed by atoms with Gasteiger partial charge in [0, 0.05) is 46.1 Å². The highest BCUT2D eigenvalue weighted by molar-refractivity contribution is 5.91. The van der Waals surface area contributed by atoms with E-state index in [0.717, 1.165) is 0 Å². The van der Waals surface area contributed by atoms with E-state index >= 15 is 0 Å². The fourth-order valence-corrected chi connectivity index (χ4v) is 8.64. The number of epoxide rings is 1. The second-order valence-electron chi connectivity index (χ2n) is 11.9. The molecule has 0 radical (unpaired) electrons. The SMILES string of the molecule is CC1(C)OC(=O)C=C[C@]2(C)[C@H]3C(=O)C[C@@]4(C)[C@H](c5ccoc5)OC(=O)[C@H]5O[C@@]54[C@]3(C)[C@H](O)C[C@@H]12. The molecule has 182 valence electrons. The molecule has 1 N–H and O–H groups in total. The minimum Gasteiger partial charge on any atom is -0.472 e. The van der Waals surface area contributed by atoms with E-state index in [0.29, 0.717) is 12.0 Å². The zero-order chi connectivity index (χ0) is 24.5. The summed E-state index contributed by atoms with van der Waals surface area (Å²) in [5.74, 6) is -2.00. The summed E-state index contributed by atoms with van der Waals surface area (Å²) in [5.41, 5.74) is -4.13. The lowest BCUT2D eigenvalue weighted by molar-refractivity contribution is -0.242. The van der Waals surface area contributed by atoms with Gasteiger partial charge in [0.2, 0.25) is 0 Å². The molecule has 2 saturated heterocycles. The number of aliphatic hydroxyl groups excluding tert-OH is 1. The van der Waals surface area contributed by atoms with Crippen molar-refractivity contribution in [3.8, 4) is 0 Å². The number of ketones is 1. The van der Waals surface area contributed by atoms with E-state index in [2.05, 4.69) is 0 Å². The van der Waals surface area contributed by atoms with Gasteiger partial charge in [0.05, 0.1) is 18.6 Å². The van der Waals surface area contributed by atoms with Crippen molar-refractivity contribution in [2.24, 2.45) is 28.1 Å². The molecule has 0 amide bonds. The van der Waals surface area contributed by atoms with Crippen LogP contribution in [0.3, 0.4) is 0 Å². The molecule has 0 bridgehead atoms. The van der Waals surface area contributed by atoms with E-state index in [9.17, 15) is 19.5 Å². The van der Waals surface area contributed by atoms with Gasteiger partial charge in [-0.05, 0) is 26.3 Å². The van der Waals surface area contributed by atoms with Crippen molar-refractivity contribution >= 4 is 17.7 Å². The van der Waals surface area contributed by atoms with Gasteiger partial charge in [-0.1, -0.05) is 26.8 Å². The third-order valence-corrected chi connectivity index (χ3v) is 9.91. The van der Waals surface area contributed by atoms with Gasteiger partial charge in [-0.15, -0.1) is 0 Å². The van der Waals surface area contributed by atoms with Crippen LogP contribution in [0.2, 0.25) is 0 Å². The van der Waals surface area contributed by atoms with Crippen LogP contribution in [-0.4, -0.2) is 46.2 Å². The van der Waals surface area contributed by atoms with E-state index < -0.39 is 63.6 Å². The Kier molecular flexibility index (Phi) is 4.02. The number of esters is 2. The van der Waals surface area contributed by atoms with Crippen LogP contribution in [0.5, 0.6) is 0 Å². The Morgan fingerprint density at radius 1 is 1.06 bits per heavy atom. The molecule has 1 aromatic heterocycles. The number of aliphatic hydroxyl groups is 1. The minimum absolute atomic E-state index is 0.0441. The monoisotopic (exact) mass is 470 g/mol. The Bertz CT molecular complexity index is 1140. The summed E-state index contributed by atoms with van der Waals surface area (Å²) >= 11 is 0. The largest absolute Gasteiger partial charge is 0.472 e. The van der Waals surface area contributed by atoms with E-state index in [4.69, 9.17) is 18.6 Å². The highest BCUT2D eigenvalue weighted by Gasteiger charge is 2.89. The predicted octanol–water partition coefficient (Wildman–Crippen LogP) is 2.90. The van der Waals surface area contributed by atoms with Crippen molar-refractivity contribution in [2.45, 2.75) is 77.0 Å². The number of hydrogen-bond donors (Lipinski definition) is 1. The van der Waals surface area contributed by atoms with Crippen LogP contribution in [-0.2, 0) is 28.6 Å². The maximum atomic E-state index is 14.2. The topological polar surface area (TPSA) is 116 Å². The lowest BCUT2D eigenvalue weighted by Gasteiger charge is -2.66. The second-order valence-corrected chi connectivity index (χ2v) is 11.9. The molecule has 0 aromatic carbocycles. The van der Waals surface area contributed by atoms with E-state index in [-0.39, 0.29) is 18.1 Å². The van der Waals surface area contributed by atoms with Gasteiger partial charge in [-0.25, -0.2) is 9.59 Å². The molecular formula is C26H30O8. The van der Waals surface area contributed by atoms with Gasteiger partial charge >= 0.3 is 11.9 Å². The predicted molar refractivity (Wildman–Crippen MR) is 116 cm³/mol. The molecule has 1 aromatic rings. The quantitative estimate of drug-likeness (QED) is 0.492. The highest BCUT2D eigenvalue weighted by atomic mass is 16.7. The van der Waals surface area contributed by atoms with Crippen LogP contribution in [0.25, 0.3) is 0 Å². The summed E-state index contributed by atoms with van der Waals surface area (Å²) in [7, 11) is 0. The summed E-state index contributed by atoms with van der Waals surface area (Å²) in [6.45, 7) is 9.41. The smallest absolute Gasteiger partial charge is 0.339 e. The number of fused-ring (bicyclic) bond motifs is 3. The van der Waals surface area contributed by atoms with Crippen LogP contribution in [0, 0.1) is 28.1 Å². The van der Waals surface area contributed by atoms with Crippen molar-refractivity contribution in [3.05, 3.63) is 36.3 Å². The first kappa shape index (κ1) is 22.0. The molecule has 8 heteroatoms. The van der Waals surface area contributed by atoms with E-state index in [1.807, 2.05) is 34.6 Å². The number of Topliss-reactive ketones (excluding diaryl/α,β-unsaturated/α-hetero) is 1. The Morgan fingerprint density at radius 2 is 1.79 bits per heavy atom. The molecule has 2 saturated carbocycles. The number of hydrogen-bond acceptors (Lipinski definition) is 8. The van der Waals surface area contributed by atoms with Crippen LogP contribution in [0.1, 0.15) is 59.1 Å². The van der Waals surface area contributed by atoms with Gasteiger partial charge in [-0.2, -0.15) is 0 Å². The molecule has 6 rings (SSSR count). The summed E-state index contributed by atoms with van der Waals surface area (Å²) < 4.78 is 23.1. The van der Waals surface area contributed by atoms with Crippen LogP contribution in [0.4, 0.5) is 0 Å². The molecule has 34 heavy (non-hydrogen) atoms. The summed E-state index contributed by atoms with van der Waals surface area (Å²) in [4.78, 5) is 39.7. The first-order valence-electron chi connectivity index (χ1n) is 11.9. The molecule has 1 spiro atoms. The van der Waals surface area contributed by atoms with Crippen molar-refractivity contribution in [1.29, 1.82) is 0 Å². The zero-order valence-electron chi connectivity index (χ0n) is 20.0. The van der Waals surface area contributed by atoms with Crippen molar-refractivity contribution < 1.29 is 38.1 Å². The minimum atomic E-state index is -1.10. The molecule has 9 atom stereocenters. The highest BCUT2D eigenvalue weighted by Crippen LogP contribution is 2.78. The molecule has 3 aliphatic heterocycles. The lowest BCUT2D eigenvalue weighted by atomic mass is 9.37. The van der Waals surface area contributed by atoms with Crippen LogP contribution in [0.15, 0.2) is 35.2 Å². The average Bonchev–Trinajstić information content (AvgIpc) is 3.34. The number of carbonyl (C=O) groups excluding carboxylic acids is 3. The third-order valence-electron chi connectivity index (χ3n) is 9.91. The van der Waals surface area contributed by atoms with E-state index in [1.54, 1.807) is 12.1 Å². The standard InChI is InChI=1S/C26H30O8/c1-22(2)15-10-16(28)25(5)18(23(15,3)8-6-17(29)33-22)14(27)11-24(4)19(13-7-9-31-12-13)32-21(30)20-26(24,25)34-20/h6-9,12,15-16,18-20,28H,10-11H2,1-5H3/t15-,16+,18+,19-,20+,23-,24-,25+,26-/m0/s1. The second kappa shape index (κ2) is 6.21. The lowest BCUT2D eigenvalue weighted by Crippen LogP contribution is -2.74. The number of furan rings is 1. The maximum absolute atomic E-state index is 14.2. The fraction of sp³-hybridized carbons (Fsp3) is 0.654. The Morgan fingerprint density at radius 3 is 2.47 bits per heavy atom. The molecule has 0 unspecified atom stereocenters. The van der Waals surface area contributed by atoms with Crippen LogP contribution >= 0.6 is 0 Å². The van der Waals surface area contributed by atoms with Gasteiger partial charge in [-0.3, -0.25) is 4.79 Å². The Balaban J connectivity index is 1.56. The van der Waals surface area contributed by atoms with Crippen molar-refractivity contribution in [1.82, 2.24) is 0 Å². The first-order chi connectivity index (χ1) is 15.8. The maximum Gasteiger partial charge on any atom is 0.339 e. The Labute approximate surface area is 197 Å². The molecule has 2 aliphatic carbocycles. The normalized spacial score (nSPS) is 50.6. The van der Waals surface area contributed by atoms with Gasteiger partial charge < -0.3 is 23.7 Å². The number of allylic oxidation sites excluding steroid dienone is 1. The number of carbonyl (C=O) groups is 3. The van der Waals surface area contributed by atoms with Crippen molar-refractivity contribution in [3.63, 3.8) is 0 Å². The molecule has 4 fully saturated rings. The number of ether oxygens (including phenoxy) is 3. The molecule has 8 nitrogen and oxygen atoms in total. The third kappa shape index (κ3) is 2.25. The fourth-order valence-electron chi connectivity index (χ4n) is 8.64. The molecular weight excluding hydrogens is 440 g/mol. The Hall–Kier alpha value is -2.45. The van der Waals surface area contributed by atoms with Gasteiger partial charge in [0.15, 0.2) is 6.10 Å².